The zero-order valence-electron chi connectivity index (χ0n) is 26.7. The van der Waals surface area contributed by atoms with Crippen molar-refractivity contribution in [3.05, 3.63) is 136 Å². The zero-order valence-corrected chi connectivity index (χ0v) is 28.2. The van der Waals surface area contributed by atoms with Gasteiger partial charge >= 0.3 is 5.97 Å². The van der Waals surface area contributed by atoms with Crippen molar-refractivity contribution in [1.29, 1.82) is 0 Å². The molecule has 0 saturated heterocycles. The summed E-state index contributed by atoms with van der Waals surface area (Å²) in [4.78, 5) is 25.7. The fraction of sp³-hybridized carbons (Fsp3) is 0.179. The van der Waals surface area contributed by atoms with Gasteiger partial charge in [-0.25, -0.2) is 4.79 Å². The van der Waals surface area contributed by atoms with Crippen LogP contribution in [0.3, 0.4) is 0 Å². The van der Waals surface area contributed by atoms with E-state index < -0.39 is 17.9 Å². The van der Waals surface area contributed by atoms with Crippen molar-refractivity contribution < 1.29 is 33.6 Å². The minimum absolute atomic E-state index is 0.0963. The summed E-state index contributed by atoms with van der Waals surface area (Å²) in [6.45, 7) is 0.352. The molecule has 246 valence electrons. The lowest BCUT2D eigenvalue weighted by atomic mass is 9.99. The maximum absolute atomic E-state index is 13.4. The van der Waals surface area contributed by atoms with E-state index in [1.54, 1.807) is 32.4 Å². The number of benzene rings is 5. The first-order chi connectivity index (χ1) is 23.3. The summed E-state index contributed by atoms with van der Waals surface area (Å²) in [6, 6.07) is 34.6. The van der Waals surface area contributed by atoms with Crippen LogP contribution in [-0.4, -0.2) is 43.9 Å². The fourth-order valence-corrected chi connectivity index (χ4v) is 5.56. The molecule has 5 aromatic rings. The Balaban J connectivity index is 1.22. The molecule has 1 amide bonds. The number of nitrogens with one attached hydrogen (secondary N) is 1. The highest BCUT2D eigenvalue weighted by Crippen LogP contribution is 2.33. The van der Waals surface area contributed by atoms with Crippen LogP contribution in [0.4, 0.5) is 0 Å². The molecule has 0 unspecified atom stereocenters. The minimum atomic E-state index is -1.16. The number of aliphatic carboxylic acids is 1. The normalized spacial score (nSPS) is 11.3. The molecule has 0 aliphatic carbocycles. The van der Waals surface area contributed by atoms with Gasteiger partial charge in [0.2, 0.25) is 0 Å². The molecule has 48 heavy (non-hydrogen) atoms. The number of methoxy groups -OCH3 is 2. The number of carbonyl (C=O) groups excluding carboxylic acids is 1. The minimum Gasteiger partial charge on any atom is -0.493 e. The van der Waals surface area contributed by atoms with Crippen LogP contribution in [0.2, 0.25) is 0 Å². The Morgan fingerprint density at radius 3 is 2.17 bits per heavy atom. The Bertz CT molecular complexity index is 1840. The number of aryl methyl sites for hydroxylation is 1. The highest BCUT2D eigenvalue weighted by atomic mass is 79.9. The van der Waals surface area contributed by atoms with Crippen molar-refractivity contribution in [2.45, 2.75) is 25.3 Å². The van der Waals surface area contributed by atoms with Gasteiger partial charge in [-0.1, -0.05) is 82.7 Å². The number of carboxylic acid groups (broad SMARTS) is 1. The predicted octanol–water partition coefficient (Wildman–Crippen LogP) is 8.36. The molecule has 1 atom stereocenters. The molecular formula is C39H36BrNO7. The molecule has 0 bridgehead atoms. The molecule has 2 N–H and O–H groups in total. The van der Waals surface area contributed by atoms with Crippen molar-refractivity contribution >= 4 is 27.8 Å². The quantitative estimate of drug-likeness (QED) is 0.105. The highest BCUT2D eigenvalue weighted by Gasteiger charge is 2.23. The SMILES string of the molecule is COc1ccc(CCCOc2ccc(Br)cc2C(=O)N[C@@H](Cc2ccc(-c3ccccc3Oc3ccccc3)cc2)C(=O)O)cc1OC. The van der Waals surface area contributed by atoms with Gasteiger partial charge in [0.25, 0.3) is 5.91 Å². The first kappa shape index (κ1) is 34.1. The molecule has 0 aliphatic heterocycles. The van der Waals surface area contributed by atoms with Gasteiger partial charge in [0.05, 0.1) is 26.4 Å². The summed E-state index contributed by atoms with van der Waals surface area (Å²) >= 11 is 3.42. The maximum Gasteiger partial charge on any atom is 0.326 e. The van der Waals surface area contributed by atoms with Gasteiger partial charge in [0.15, 0.2) is 11.5 Å². The molecule has 0 fully saturated rings. The van der Waals surface area contributed by atoms with Gasteiger partial charge in [-0.3, -0.25) is 4.79 Å². The molecule has 9 heteroatoms. The third kappa shape index (κ3) is 8.95. The lowest BCUT2D eigenvalue weighted by molar-refractivity contribution is -0.139. The highest BCUT2D eigenvalue weighted by molar-refractivity contribution is 9.10. The molecule has 0 spiro atoms. The van der Waals surface area contributed by atoms with Crippen LogP contribution in [0.1, 0.15) is 27.9 Å². The van der Waals surface area contributed by atoms with Crippen LogP contribution in [0.5, 0.6) is 28.7 Å². The van der Waals surface area contributed by atoms with Gasteiger partial charge in [-0.05, 0) is 78.1 Å². The number of halogens is 1. The molecule has 0 radical (unpaired) electrons. The lowest BCUT2D eigenvalue weighted by Crippen LogP contribution is -2.42. The number of ether oxygens (including phenoxy) is 4. The van der Waals surface area contributed by atoms with E-state index in [0.717, 1.165) is 34.4 Å². The van der Waals surface area contributed by atoms with Crippen LogP contribution < -0.4 is 24.3 Å². The number of hydrogen-bond acceptors (Lipinski definition) is 6. The van der Waals surface area contributed by atoms with E-state index >= 15 is 0 Å². The van der Waals surface area contributed by atoms with Crippen LogP contribution >= 0.6 is 15.9 Å². The van der Waals surface area contributed by atoms with E-state index in [1.807, 2.05) is 97.1 Å². The zero-order chi connectivity index (χ0) is 33.9. The third-order valence-corrected chi connectivity index (χ3v) is 8.16. The van der Waals surface area contributed by atoms with Crippen molar-refractivity contribution in [2.24, 2.45) is 0 Å². The summed E-state index contributed by atoms with van der Waals surface area (Å²) in [7, 11) is 3.19. The molecule has 0 heterocycles. The Hall–Kier alpha value is -5.28. The van der Waals surface area contributed by atoms with Crippen molar-refractivity contribution in [1.82, 2.24) is 5.32 Å². The van der Waals surface area contributed by atoms with E-state index in [1.165, 1.54) is 0 Å². The number of carbonyl (C=O) groups is 2. The summed E-state index contributed by atoms with van der Waals surface area (Å²) in [5.41, 5.74) is 3.89. The van der Waals surface area contributed by atoms with Gasteiger partial charge in [-0.2, -0.15) is 0 Å². The second kappa shape index (κ2) is 16.5. The number of hydrogen-bond donors (Lipinski definition) is 2. The topological polar surface area (TPSA) is 103 Å². The van der Waals surface area contributed by atoms with Crippen molar-refractivity contribution in [3.63, 3.8) is 0 Å². The first-order valence-electron chi connectivity index (χ1n) is 15.4. The number of para-hydroxylation sites is 2. The average molecular weight is 711 g/mol. The Morgan fingerprint density at radius 2 is 1.44 bits per heavy atom. The number of rotatable bonds is 15. The van der Waals surface area contributed by atoms with Gasteiger partial charge in [-0.15, -0.1) is 0 Å². The number of carboxylic acids is 1. The average Bonchev–Trinajstić information content (AvgIpc) is 3.11. The van der Waals surface area contributed by atoms with E-state index in [9.17, 15) is 14.7 Å². The van der Waals surface area contributed by atoms with Crippen LogP contribution in [0.25, 0.3) is 11.1 Å². The standard InChI is InChI=1S/C39H36BrNO7/c1-45-36-20-16-26(24-37(36)46-2)9-8-22-47-34-21-19-29(40)25-32(34)38(42)41-33(39(43)44)23-27-14-17-28(18-15-27)31-12-6-7-13-35(31)48-30-10-4-3-5-11-30/h3-7,10-21,24-25,33H,8-9,22-23H2,1-2H3,(H,41,42)(H,43,44)/t33-/m0/s1. The molecular weight excluding hydrogens is 674 g/mol. The van der Waals surface area contributed by atoms with E-state index in [2.05, 4.69) is 21.2 Å². The molecule has 0 aliphatic rings. The largest absolute Gasteiger partial charge is 0.493 e. The van der Waals surface area contributed by atoms with E-state index in [-0.39, 0.29) is 12.0 Å². The molecule has 5 rings (SSSR count). The Kier molecular flexibility index (Phi) is 11.7. The fourth-order valence-electron chi connectivity index (χ4n) is 5.20. The molecule has 8 nitrogen and oxygen atoms in total. The number of amides is 1. The van der Waals surface area contributed by atoms with Gasteiger partial charge in [0, 0.05) is 16.5 Å². The predicted molar refractivity (Wildman–Crippen MR) is 188 cm³/mol. The summed E-state index contributed by atoms with van der Waals surface area (Å²) in [5.74, 6) is 1.45. The summed E-state index contributed by atoms with van der Waals surface area (Å²) < 4.78 is 23.5. The Morgan fingerprint density at radius 1 is 0.750 bits per heavy atom. The first-order valence-corrected chi connectivity index (χ1v) is 16.2. The summed E-state index contributed by atoms with van der Waals surface area (Å²) in [5, 5.41) is 12.7. The van der Waals surface area contributed by atoms with Gasteiger partial charge < -0.3 is 29.4 Å². The third-order valence-electron chi connectivity index (χ3n) is 7.67. The van der Waals surface area contributed by atoms with Gasteiger partial charge in [0.1, 0.15) is 23.3 Å². The Labute approximate surface area is 288 Å². The smallest absolute Gasteiger partial charge is 0.326 e. The second-order valence-electron chi connectivity index (χ2n) is 11.0. The molecule has 5 aromatic carbocycles. The van der Waals surface area contributed by atoms with Crippen LogP contribution in [0, 0.1) is 0 Å². The molecule has 0 aromatic heterocycles. The maximum atomic E-state index is 13.4. The van der Waals surface area contributed by atoms with Crippen LogP contribution in [0.15, 0.2) is 120 Å². The van der Waals surface area contributed by atoms with E-state index in [4.69, 9.17) is 18.9 Å². The van der Waals surface area contributed by atoms with Crippen molar-refractivity contribution in [2.75, 3.05) is 20.8 Å². The second-order valence-corrected chi connectivity index (χ2v) is 11.9. The molecule has 0 saturated carbocycles. The monoisotopic (exact) mass is 709 g/mol. The van der Waals surface area contributed by atoms with Crippen LogP contribution in [-0.2, 0) is 17.6 Å². The lowest BCUT2D eigenvalue weighted by Gasteiger charge is -2.17. The van der Waals surface area contributed by atoms with Crippen molar-refractivity contribution in [3.8, 4) is 39.9 Å². The summed E-state index contributed by atoms with van der Waals surface area (Å²) in [6.07, 6.45) is 1.51. The van der Waals surface area contributed by atoms with E-state index in [0.29, 0.717) is 40.5 Å².